The molecular weight excluding hydrogens is 296 g/mol. The SMILES string of the molecule is CN(C(=O)CCCCCCN)C1CCc2ccccc2C1.Cl. The molecule has 2 N–H and O–H groups in total. The van der Waals surface area contributed by atoms with E-state index in [9.17, 15) is 4.79 Å². The lowest BCUT2D eigenvalue weighted by Gasteiger charge is -2.32. The number of unbranched alkanes of at least 4 members (excludes halogenated alkanes) is 3. The van der Waals surface area contributed by atoms with Crippen molar-refractivity contribution in [2.75, 3.05) is 13.6 Å². The smallest absolute Gasteiger partial charge is 0.222 e. The number of hydrogen-bond acceptors (Lipinski definition) is 2. The van der Waals surface area contributed by atoms with Crippen LogP contribution in [-0.2, 0) is 17.6 Å². The zero-order chi connectivity index (χ0) is 15.1. The van der Waals surface area contributed by atoms with E-state index >= 15 is 0 Å². The van der Waals surface area contributed by atoms with Gasteiger partial charge in [-0.3, -0.25) is 4.79 Å². The minimum atomic E-state index is 0. The zero-order valence-electron chi connectivity index (χ0n) is 13.6. The molecule has 1 aromatic rings. The Balaban J connectivity index is 0.00000242. The zero-order valence-corrected chi connectivity index (χ0v) is 14.4. The lowest BCUT2D eigenvalue weighted by molar-refractivity contribution is -0.132. The van der Waals surface area contributed by atoms with Gasteiger partial charge in [0.15, 0.2) is 0 Å². The number of halogens is 1. The third-order valence-corrected chi connectivity index (χ3v) is 4.61. The highest BCUT2D eigenvalue weighted by atomic mass is 35.5. The monoisotopic (exact) mass is 324 g/mol. The number of carbonyl (C=O) groups is 1. The third-order valence-electron chi connectivity index (χ3n) is 4.61. The maximum atomic E-state index is 12.3. The lowest BCUT2D eigenvalue weighted by Crippen LogP contribution is -2.40. The van der Waals surface area contributed by atoms with Crippen molar-refractivity contribution in [2.24, 2.45) is 5.73 Å². The van der Waals surface area contributed by atoms with E-state index in [-0.39, 0.29) is 12.4 Å². The van der Waals surface area contributed by atoms with E-state index in [1.54, 1.807) is 0 Å². The highest BCUT2D eigenvalue weighted by Crippen LogP contribution is 2.24. The number of amides is 1. The van der Waals surface area contributed by atoms with E-state index in [0.29, 0.717) is 18.4 Å². The average molecular weight is 325 g/mol. The van der Waals surface area contributed by atoms with Crippen molar-refractivity contribution < 1.29 is 4.79 Å². The predicted octanol–water partition coefficient (Wildman–Crippen LogP) is 3.33. The summed E-state index contributed by atoms with van der Waals surface area (Å²) in [5.74, 6) is 0.298. The van der Waals surface area contributed by atoms with Gasteiger partial charge >= 0.3 is 0 Å². The third kappa shape index (κ3) is 5.29. The minimum Gasteiger partial charge on any atom is -0.342 e. The maximum absolute atomic E-state index is 12.3. The highest BCUT2D eigenvalue weighted by molar-refractivity contribution is 5.85. The van der Waals surface area contributed by atoms with Gasteiger partial charge in [0.1, 0.15) is 0 Å². The summed E-state index contributed by atoms with van der Waals surface area (Å²) in [7, 11) is 1.97. The van der Waals surface area contributed by atoms with E-state index in [1.807, 2.05) is 11.9 Å². The van der Waals surface area contributed by atoms with Gasteiger partial charge in [-0.15, -0.1) is 12.4 Å². The van der Waals surface area contributed by atoms with Crippen molar-refractivity contribution in [2.45, 2.75) is 57.4 Å². The summed E-state index contributed by atoms with van der Waals surface area (Å²) >= 11 is 0. The largest absolute Gasteiger partial charge is 0.342 e. The van der Waals surface area contributed by atoms with Crippen LogP contribution in [-0.4, -0.2) is 30.4 Å². The van der Waals surface area contributed by atoms with Crippen LogP contribution in [0.1, 0.15) is 49.7 Å². The summed E-state index contributed by atoms with van der Waals surface area (Å²) in [6, 6.07) is 8.99. The Hall–Kier alpha value is -1.06. The van der Waals surface area contributed by atoms with E-state index in [1.165, 1.54) is 11.1 Å². The van der Waals surface area contributed by atoms with Crippen molar-refractivity contribution in [1.29, 1.82) is 0 Å². The Kier molecular flexibility index (Phi) is 8.51. The molecule has 0 saturated heterocycles. The molecule has 2 rings (SSSR count). The van der Waals surface area contributed by atoms with E-state index < -0.39 is 0 Å². The van der Waals surface area contributed by atoms with Crippen LogP contribution >= 0.6 is 12.4 Å². The number of benzene rings is 1. The summed E-state index contributed by atoms with van der Waals surface area (Å²) in [6.45, 7) is 0.759. The standard InChI is InChI=1S/C18H28N2O.ClH/c1-20(18(21)10-4-2-3-7-13-19)17-12-11-15-8-5-6-9-16(15)14-17;/h5-6,8-9,17H,2-4,7,10-14,19H2,1H3;1H. The molecule has 0 fully saturated rings. The Labute approximate surface area is 140 Å². The minimum absolute atomic E-state index is 0. The van der Waals surface area contributed by atoms with Gasteiger partial charge < -0.3 is 10.6 Å². The number of nitrogens with zero attached hydrogens (tertiary/aromatic N) is 1. The molecule has 1 aromatic carbocycles. The second-order valence-corrected chi connectivity index (χ2v) is 6.12. The molecule has 1 amide bonds. The fraction of sp³-hybridized carbons (Fsp3) is 0.611. The van der Waals surface area contributed by atoms with Gasteiger partial charge in [-0.2, -0.15) is 0 Å². The lowest BCUT2D eigenvalue weighted by atomic mass is 9.87. The molecule has 0 aliphatic heterocycles. The van der Waals surface area contributed by atoms with E-state index in [2.05, 4.69) is 24.3 Å². The molecular formula is C18H29ClN2O. The van der Waals surface area contributed by atoms with Gasteiger partial charge in [0, 0.05) is 19.5 Å². The quantitative estimate of drug-likeness (QED) is 0.782. The van der Waals surface area contributed by atoms with E-state index in [4.69, 9.17) is 5.73 Å². The van der Waals surface area contributed by atoms with Crippen molar-refractivity contribution in [3.63, 3.8) is 0 Å². The molecule has 0 heterocycles. The molecule has 0 saturated carbocycles. The molecule has 1 aliphatic rings. The first kappa shape index (κ1) is 19.0. The summed E-state index contributed by atoms with van der Waals surface area (Å²) in [6.07, 6.45) is 8.19. The molecule has 124 valence electrons. The Morgan fingerprint density at radius 2 is 1.86 bits per heavy atom. The van der Waals surface area contributed by atoms with Crippen LogP contribution in [0.25, 0.3) is 0 Å². The molecule has 0 spiro atoms. The molecule has 1 unspecified atom stereocenters. The van der Waals surface area contributed by atoms with Gasteiger partial charge in [-0.1, -0.05) is 37.1 Å². The summed E-state index contributed by atoms with van der Waals surface area (Å²) in [5.41, 5.74) is 8.35. The van der Waals surface area contributed by atoms with Crippen LogP contribution in [0.2, 0.25) is 0 Å². The molecule has 3 nitrogen and oxygen atoms in total. The first-order valence-electron chi connectivity index (χ1n) is 8.25. The van der Waals surface area contributed by atoms with E-state index in [0.717, 1.165) is 51.5 Å². The Bertz CT molecular complexity index is 464. The van der Waals surface area contributed by atoms with Gasteiger partial charge in [0.05, 0.1) is 0 Å². The molecule has 0 radical (unpaired) electrons. The second-order valence-electron chi connectivity index (χ2n) is 6.12. The highest BCUT2D eigenvalue weighted by Gasteiger charge is 2.24. The molecule has 1 aliphatic carbocycles. The fourth-order valence-electron chi connectivity index (χ4n) is 3.16. The topological polar surface area (TPSA) is 46.3 Å². The molecule has 0 aromatic heterocycles. The average Bonchev–Trinajstić information content (AvgIpc) is 2.53. The van der Waals surface area contributed by atoms with Gasteiger partial charge in [0.25, 0.3) is 0 Å². The number of aryl methyl sites for hydroxylation is 1. The van der Waals surface area contributed by atoms with Crippen LogP contribution in [0.5, 0.6) is 0 Å². The number of nitrogens with two attached hydrogens (primary N) is 1. The predicted molar refractivity (Wildman–Crippen MR) is 94.4 cm³/mol. The molecule has 1 atom stereocenters. The summed E-state index contributed by atoms with van der Waals surface area (Å²) in [4.78, 5) is 14.3. The van der Waals surface area contributed by atoms with Crippen molar-refractivity contribution in [3.05, 3.63) is 35.4 Å². The van der Waals surface area contributed by atoms with Crippen LogP contribution < -0.4 is 5.73 Å². The van der Waals surface area contributed by atoms with Crippen LogP contribution in [0.15, 0.2) is 24.3 Å². The molecule has 22 heavy (non-hydrogen) atoms. The van der Waals surface area contributed by atoms with Crippen LogP contribution in [0.4, 0.5) is 0 Å². The number of carbonyl (C=O) groups excluding carboxylic acids is 1. The Morgan fingerprint density at radius 3 is 2.59 bits per heavy atom. The van der Waals surface area contributed by atoms with Crippen molar-refractivity contribution >= 4 is 18.3 Å². The van der Waals surface area contributed by atoms with Crippen molar-refractivity contribution in [1.82, 2.24) is 4.90 Å². The summed E-state index contributed by atoms with van der Waals surface area (Å²) < 4.78 is 0. The van der Waals surface area contributed by atoms with Gasteiger partial charge in [0.2, 0.25) is 5.91 Å². The number of hydrogen-bond donors (Lipinski definition) is 1. The fourth-order valence-corrected chi connectivity index (χ4v) is 3.16. The molecule has 4 heteroatoms. The number of fused-ring (bicyclic) bond motifs is 1. The van der Waals surface area contributed by atoms with Gasteiger partial charge in [-0.05, 0) is 49.8 Å². The summed E-state index contributed by atoms with van der Waals surface area (Å²) in [5, 5.41) is 0. The number of rotatable bonds is 7. The van der Waals surface area contributed by atoms with Crippen LogP contribution in [0.3, 0.4) is 0 Å². The second kappa shape index (κ2) is 9.86. The normalized spacial score (nSPS) is 16.5. The van der Waals surface area contributed by atoms with Gasteiger partial charge in [-0.25, -0.2) is 0 Å². The Morgan fingerprint density at radius 1 is 1.18 bits per heavy atom. The number of likely N-dealkylation sites (N-methyl/N-ethyl adjacent to an activating group) is 1. The maximum Gasteiger partial charge on any atom is 0.222 e. The van der Waals surface area contributed by atoms with Crippen molar-refractivity contribution in [3.8, 4) is 0 Å². The molecule has 0 bridgehead atoms. The van der Waals surface area contributed by atoms with Crippen LogP contribution in [0, 0.1) is 0 Å². The first-order chi connectivity index (χ1) is 10.2. The first-order valence-corrected chi connectivity index (χ1v) is 8.25.